The van der Waals surface area contributed by atoms with Gasteiger partial charge in [-0.05, 0) is 58.2 Å². The van der Waals surface area contributed by atoms with Crippen LogP contribution in [0.3, 0.4) is 0 Å². The minimum Gasteiger partial charge on any atom is -0.385 e. The fraction of sp³-hybridized carbons (Fsp3) is 0.714. The Balaban J connectivity index is 2.13. The van der Waals surface area contributed by atoms with Crippen molar-refractivity contribution in [2.45, 2.75) is 50.2 Å². The molecule has 32 heavy (non-hydrogen) atoms. The number of nitrogens with zero attached hydrogens (tertiary/aromatic N) is 2. The molecule has 182 valence electrons. The number of ether oxygens (including phenoxy) is 2. The molecule has 1 aliphatic carbocycles. The highest BCUT2D eigenvalue weighted by Crippen LogP contribution is 2.38. The fourth-order valence-corrected chi connectivity index (χ4v) is 5.18. The van der Waals surface area contributed by atoms with E-state index in [1.165, 1.54) is 19.1 Å². The average Bonchev–Trinajstić information content (AvgIpc) is 3.53. The fourth-order valence-electron chi connectivity index (χ4n) is 3.92. The highest BCUT2D eigenvalue weighted by molar-refractivity contribution is 7.89. The van der Waals surface area contributed by atoms with Crippen LogP contribution in [0.25, 0.3) is 0 Å². The molecule has 0 amide bonds. The van der Waals surface area contributed by atoms with Crippen molar-refractivity contribution in [2.75, 3.05) is 52.8 Å². The topological polar surface area (TPSA) is 123 Å². The van der Waals surface area contributed by atoms with E-state index in [0.717, 1.165) is 25.8 Å². The second-order valence-electron chi connectivity index (χ2n) is 8.36. The van der Waals surface area contributed by atoms with Crippen LogP contribution >= 0.6 is 0 Å². The van der Waals surface area contributed by atoms with E-state index in [0.29, 0.717) is 24.8 Å². The van der Waals surface area contributed by atoms with Crippen molar-refractivity contribution in [2.24, 2.45) is 5.92 Å². The van der Waals surface area contributed by atoms with Crippen molar-refractivity contribution >= 4 is 21.4 Å². The van der Waals surface area contributed by atoms with Gasteiger partial charge in [-0.1, -0.05) is 0 Å². The maximum atomic E-state index is 12.8. The van der Waals surface area contributed by atoms with Gasteiger partial charge < -0.3 is 19.7 Å². The van der Waals surface area contributed by atoms with Gasteiger partial charge in [0, 0.05) is 52.1 Å². The Morgan fingerprint density at radius 2 is 1.97 bits per heavy atom. The summed E-state index contributed by atoms with van der Waals surface area (Å²) in [6.07, 6.45) is 2.95. The number of rotatable bonds is 15. The predicted molar refractivity (Wildman–Crippen MR) is 124 cm³/mol. The molecule has 0 spiro atoms. The summed E-state index contributed by atoms with van der Waals surface area (Å²) in [5.41, 5.74) is 0.162. The molecule has 11 heteroatoms. The third kappa shape index (κ3) is 7.11. The van der Waals surface area contributed by atoms with E-state index >= 15 is 0 Å². The van der Waals surface area contributed by atoms with Gasteiger partial charge in [0.1, 0.15) is 5.69 Å². The van der Waals surface area contributed by atoms with Crippen molar-refractivity contribution in [1.29, 1.82) is 0 Å². The van der Waals surface area contributed by atoms with Gasteiger partial charge in [-0.15, -0.1) is 0 Å². The lowest BCUT2D eigenvalue weighted by molar-refractivity contribution is -0.384. The maximum absolute atomic E-state index is 12.8. The normalized spacial score (nSPS) is 16.2. The van der Waals surface area contributed by atoms with Crippen LogP contribution in [0.2, 0.25) is 0 Å². The highest BCUT2D eigenvalue weighted by Gasteiger charge is 2.36. The van der Waals surface area contributed by atoms with E-state index in [4.69, 9.17) is 9.47 Å². The summed E-state index contributed by atoms with van der Waals surface area (Å²) >= 11 is 0. The Kier molecular flexibility index (Phi) is 9.83. The van der Waals surface area contributed by atoms with Gasteiger partial charge in [-0.3, -0.25) is 10.1 Å². The highest BCUT2D eigenvalue weighted by atomic mass is 32.2. The average molecular weight is 473 g/mol. The first-order chi connectivity index (χ1) is 15.1. The van der Waals surface area contributed by atoms with Crippen LogP contribution in [0.1, 0.15) is 31.7 Å². The molecule has 2 unspecified atom stereocenters. The molecular weight excluding hydrogens is 436 g/mol. The van der Waals surface area contributed by atoms with Crippen LogP contribution in [0.4, 0.5) is 11.4 Å². The first-order valence-electron chi connectivity index (χ1n) is 10.9. The molecule has 0 radical (unpaired) electrons. The van der Waals surface area contributed by atoms with Gasteiger partial charge in [0.2, 0.25) is 10.0 Å². The number of likely N-dealkylation sites (N-methyl/N-ethyl adjacent to an activating group) is 1. The molecule has 2 atom stereocenters. The Hall–Kier alpha value is -1.79. The van der Waals surface area contributed by atoms with Crippen molar-refractivity contribution in [3.63, 3.8) is 0 Å². The molecule has 0 aliphatic heterocycles. The van der Waals surface area contributed by atoms with Crippen LogP contribution in [-0.2, 0) is 19.5 Å². The van der Waals surface area contributed by atoms with E-state index in [1.807, 2.05) is 18.9 Å². The zero-order valence-electron chi connectivity index (χ0n) is 19.6. The second kappa shape index (κ2) is 11.9. The van der Waals surface area contributed by atoms with Gasteiger partial charge in [0.25, 0.3) is 5.69 Å². The zero-order chi connectivity index (χ0) is 23.9. The number of benzene rings is 1. The molecule has 2 N–H and O–H groups in total. The van der Waals surface area contributed by atoms with E-state index in [2.05, 4.69) is 10.0 Å². The Labute approximate surface area is 190 Å². The van der Waals surface area contributed by atoms with Crippen LogP contribution in [0.15, 0.2) is 17.0 Å². The lowest BCUT2D eigenvalue weighted by Gasteiger charge is -2.25. The summed E-state index contributed by atoms with van der Waals surface area (Å²) in [5, 5.41) is 15.0. The number of nitro groups is 1. The number of sulfonamides is 1. The lowest BCUT2D eigenvalue weighted by Crippen LogP contribution is -2.35. The van der Waals surface area contributed by atoms with Gasteiger partial charge >= 0.3 is 0 Å². The zero-order valence-corrected chi connectivity index (χ0v) is 20.4. The molecule has 1 aromatic carbocycles. The first-order valence-corrected chi connectivity index (χ1v) is 12.3. The van der Waals surface area contributed by atoms with E-state index in [-0.39, 0.29) is 34.8 Å². The summed E-state index contributed by atoms with van der Waals surface area (Å²) in [4.78, 5) is 13.2. The number of hydrogen-bond acceptors (Lipinski definition) is 8. The van der Waals surface area contributed by atoms with Crippen LogP contribution in [0, 0.1) is 23.0 Å². The SMILES string of the molecule is COCCCN(C)CCNS(=O)(=O)c1ccc(NC(C)C(OC)C2CC2)c([N+](=O)[O-])c1C. The van der Waals surface area contributed by atoms with Crippen LogP contribution in [0.5, 0.6) is 0 Å². The summed E-state index contributed by atoms with van der Waals surface area (Å²) < 4.78 is 38.8. The van der Waals surface area contributed by atoms with Crippen molar-refractivity contribution in [3.05, 3.63) is 27.8 Å². The number of nitro benzene ring substituents is 1. The minimum absolute atomic E-state index is 0.0548. The molecule has 0 bridgehead atoms. The van der Waals surface area contributed by atoms with Crippen molar-refractivity contribution in [1.82, 2.24) is 9.62 Å². The maximum Gasteiger partial charge on any atom is 0.296 e. The quantitative estimate of drug-likeness (QED) is 0.227. The van der Waals surface area contributed by atoms with E-state index < -0.39 is 14.9 Å². The monoisotopic (exact) mass is 472 g/mol. The molecule has 0 saturated heterocycles. The molecule has 1 aromatic rings. The van der Waals surface area contributed by atoms with E-state index in [9.17, 15) is 18.5 Å². The predicted octanol–water partition coefficient (Wildman–Crippen LogP) is 2.38. The number of anilines is 1. The standard InChI is InChI=1S/C21H36N4O6S/c1-15-19(32(28,29)22-11-13-24(3)12-6-14-30-4)10-9-18(20(15)25(26)27)23-16(2)21(31-5)17-7-8-17/h9-10,16-17,21-23H,6-8,11-14H2,1-5H3. The third-order valence-corrected chi connectivity index (χ3v) is 7.37. The smallest absolute Gasteiger partial charge is 0.296 e. The molecule has 1 aliphatic rings. The molecule has 0 heterocycles. The summed E-state index contributed by atoms with van der Waals surface area (Å²) in [6.45, 7) is 5.52. The number of hydrogen-bond donors (Lipinski definition) is 2. The summed E-state index contributed by atoms with van der Waals surface area (Å²) in [6, 6.07) is 2.73. The van der Waals surface area contributed by atoms with Crippen LogP contribution < -0.4 is 10.0 Å². The van der Waals surface area contributed by atoms with Gasteiger partial charge in [-0.25, -0.2) is 13.1 Å². The molecular formula is C21H36N4O6S. The van der Waals surface area contributed by atoms with Crippen molar-refractivity contribution < 1.29 is 22.8 Å². The van der Waals surface area contributed by atoms with E-state index in [1.54, 1.807) is 14.2 Å². The largest absolute Gasteiger partial charge is 0.385 e. The summed E-state index contributed by atoms with van der Waals surface area (Å²) in [5.74, 6) is 0.444. The molecule has 1 saturated carbocycles. The Bertz CT molecular complexity index is 875. The number of nitrogens with one attached hydrogen (secondary N) is 2. The van der Waals surface area contributed by atoms with Gasteiger partial charge in [-0.2, -0.15) is 0 Å². The molecule has 2 rings (SSSR count). The Morgan fingerprint density at radius 1 is 1.28 bits per heavy atom. The Morgan fingerprint density at radius 3 is 2.53 bits per heavy atom. The van der Waals surface area contributed by atoms with Crippen molar-refractivity contribution in [3.8, 4) is 0 Å². The van der Waals surface area contributed by atoms with Gasteiger partial charge in [0.15, 0.2) is 0 Å². The second-order valence-corrected chi connectivity index (χ2v) is 10.1. The first kappa shape index (κ1) is 26.5. The lowest BCUT2D eigenvalue weighted by atomic mass is 10.1. The number of methoxy groups -OCH3 is 2. The third-order valence-electron chi connectivity index (χ3n) is 5.76. The molecule has 10 nitrogen and oxygen atoms in total. The molecule has 1 fully saturated rings. The van der Waals surface area contributed by atoms with Gasteiger partial charge in [0.05, 0.1) is 15.9 Å². The van der Waals surface area contributed by atoms with Crippen LogP contribution in [-0.4, -0.2) is 77.9 Å². The molecule has 0 aromatic heterocycles. The summed E-state index contributed by atoms with van der Waals surface area (Å²) in [7, 11) is 1.28. The minimum atomic E-state index is -3.90.